The molecule has 0 aliphatic carbocycles. The van der Waals surface area contributed by atoms with E-state index >= 15 is 0 Å². The molecule has 0 bridgehead atoms. The van der Waals surface area contributed by atoms with Crippen LogP contribution in [0.3, 0.4) is 0 Å². The summed E-state index contributed by atoms with van der Waals surface area (Å²) in [6.45, 7) is 0. The van der Waals surface area contributed by atoms with Gasteiger partial charge in [-0.2, -0.15) is 57.1 Å². The van der Waals surface area contributed by atoms with E-state index in [1.807, 2.05) is 0 Å². The van der Waals surface area contributed by atoms with E-state index in [2.05, 4.69) is 0 Å². The predicted octanol–water partition coefficient (Wildman–Crippen LogP) is 3.79. The zero-order valence-corrected chi connectivity index (χ0v) is 10.8. The van der Waals surface area contributed by atoms with Crippen LogP contribution in [0, 0.1) is 5.41 Å². The molecule has 0 aliphatic rings. The molecule has 0 aromatic rings. The summed E-state index contributed by atoms with van der Waals surface area (Å²) in [5, 5.41) is 16.5. The van der Waals surface area contributed by atoms with E-state index in [4.69, 9.17) is 10.0 Å². The molecular weight excluding hydrogens is 386 g/mol. The van der Waals surface area contributed by atoms with E-state index in [0.717, 1.165) is 0 Å². The van der Waals surface area contributed by atoms with Gasteiger partial charge in [-0.05, 0) is 12.7 Å². The summed E-state index contributed by atoms with van der Waals surface area (Å²) in [6, 6.07) is 0. The standard InChI is InChI=1S/C8H6BF13O2/c10-4(11,5(12,13)8(20,21)22)3(6(14,15)16,7(17,18)19)1-2-9(23)24/h23-24H,1-2H2. The van der Waals surface area contributed by atoms with Crippen molar-refractivity contribution in [3.8, 4) is 0 Å². The number of hydrogen-bond donors (Lipinski definition) is 2. The minimum atomic E-state index is -7.73. The van der Waals surface area contributed by atoms with Gasteiger partial charge in [-0.15, -0.1) is 0 Å². The average molecular weight is 392 g/mol. The van der Waals surface area contributed by atoms with Gasteiger partial charge in [0.25, 0.3) is 0 Å². The van der Waals surface area contributed by atoms with Crippen LogP contribution < -0.4 is 0 Å². The number of halogens is 13. The van der Waals surface area contributed by atoms with Gasteiger partial charge in [-0.1, -0.05) is 0 Å². The molecule has 24 heavy (non-hydrogen) atoms. The summed E-state index contributed by atoms with van der Waals surface area (Å²) in [5.74, 6) is -15.4. The van der Waals surface area contributed by atoms with Crippen molar-refractivity contribution >= 4 is 7.12 Å². The van der Waals surface area contributed by atoms with Crippen LogP contribution >= 0.6 is 0 Å². The largest absolute Gasteiger partial charge is 0.459 e. The maximum Gasteiger partial charge on any atom is 0.459 e. The van der Waals surface area contributed by atoms with E-state index in [0.29, 0.717) is 0 Å². The first kappa shape index (κ1) is 23.1. The highest BCUT2D eigenvalue weighted by atomic mass is 19.4. The molecular formula is C8H6BF13O2. The Morgan fingerprint density at radius 2 is 0.875 bits per heavy atom. The highest BCUT2D eigenvalue weighted by Gasteiger charge is 2.91. The molecule has 0 atom stereocenters. The van der Waals surface area contributed by atoms with Gasteiger partial charge in [0, 0.05) is 0 Å². The summed E-state index contributed by atoms with van der Waals surface area (Å²) in [6.07, 6.45) is -27.5. The molecule has 0 aromatic heterocycles. The van der Waals surface area contributed by atoms with Gasteiger partial charge < -0.3 is 10.0 Å². The lowest BCUT2D eigenvalue weighted by Crippen LogP contribution is -2.70. The number of rotatable bonds is 5. The molecule has 0 fully saturated rings. The second-order valence-electron chi connectivity index (χ2n) is 4.57. The smallest absolute Gasteiger partial charge is 0.427 e. The van der Waals surface area contributed by atoms with Gasteiger partial charge in [-0.25, -0.2) is 0 Å². The number of hydrogen-bond acceptors (Lipinski definition) is 2. The fraction of sp³-hybridized carbons (Fsp3) is 1.00. The quantitative estimate of drug-likeness (QED) is 0.553. The van der Waals surface area contributed by atoms with Crippen molar-refractivity contribution in [1.82, 2.24) is 0 Å². The third-order valence-corrected chi connectivity index (χ3v) is 3.03. The Balaban J connectivity index is 6.70. The van der Waals surface area contributed by atoms with Crippen molar-refractivity contribution in [2.24, 2.45) is 5.41 Å². The zero-order chi connectivity index (χ0) is 20.0. The molecule has 0 saturated heterocycles. The molecule has 0 radical (unpaired) electrons. The first-order valence-corrected chi connectivity index (χ1v) is 5.48. The topological polar surface area (TPSA) is 40.5 Å². The molecule has 0 amide bonds. The SMILES string of the molecule is OB(O)CCC(C(F)(F)F)(C(F)(F)F)C(F)(F)C(F)(F)C(F)(F)F. The van der Waals surface area contributed by atoms with Crippen LogP contribution in [0.5, 0.6) is 0 Å². The Morgan fingerprint density at radius 3 is 1.08 bits per heavy atom. The van der Waals surface area contributed by atoms with Crippen molar-refractivity contribution in [2.45, 2.75) is 43.1 Å². The molecule has 0 unspecified atom stereocenters. The van der Waals surface area contributed by atoms with Crippen LogP contribution in [-0.2, 0) is 0 Å². The Hall–Kier alpha value is -0.925. The van der Waals surface area contributed by atoms with Gasteiger partial charge in [0.1, 0.15) is 0 Å². The fourth-order valence-corrected chi connectivity index (χ4v) is 1.75. The first-order valence-electron chi connectivity index (χ1n) is 5.48. The average Bonchev–Trinajstić information content (AvgIpc) is 2.22. The summed E-state index contributed by atoms with van der Waals surface area (Å²) in [7, 11) is -3.11. The van der Waals surface area contributed by atoms with Crippen LogP contribution in [-0.4, -0.2) is 47.5 Å². The lowest BCUT2D eigenvalue weighted by molar-refractivity contribution is -0.460. The van der Waals surface area contributed by atoms with E-state index in [9.17, 15) is 57.1 Å². The lowest BCUT2D eigenvalue weighted by Gasteiger charge is -2.45. The van der Waals surface area contributed by atoms with Crippen molar-refractivity contribution in [2.75, 3.05) is 0 Å². The first-order chi connectivity index (χ1) is 10.2. The Kier molecular flexibility index (Phi) is 5.87. The van der Waals surface area contributed by atoms with E-state index < -0.39 is 55.6 Å². The van der Waals surface area contributed by atoms with Crippen LogP contribution in [0.2, 0.25) is 6.32 Å². The minimum Gasteiger partial charge on any atom is -0.427 e. The zero-order valence-electron chi connectivity index (χ0n) is 10.8. The molecule has 2 N–H and O–H groups in total. The molecule has 0 saturated carbocycles. The maximum absolute atomic E-state index is 13.4. The van der Waals surface area contributed by atoms with Crippen LogP contribution in [0.15, 0.2) is 0 Å². The summed E-state index contributed by atoms with van der Waals surface area (Å²) < 4.78 is 164. The Bertz CT molecular complexity index is 421. The Morgan fingerprint density at radius 1 is 0.542 bits per heavy atom. The van der Waals surface area contributed by atoms with Gasteiger partial charge in [0.15, 0.2) is 0 Å². The summed E-state index contributed by atoms with van der Waals surface area (Å²) >= 11 is 0. The van der Waals surface area contributed by atoms with E-state index in [-0.39, 0.29) is 0 Å². The highest BCUT2D eigenvalue weighted by molar-refractivity contribution is 6.40. The Labute approximate surface area is 124 Å². The van der Waals surface area contributed by atoms with Crippen LogP contribution in [0.1, 0.15) is 6.42 Å². The molecule has 16 heteroatoms. The minimum absolute atomic E-state index is 2.21. The van der Waals surface area contributed by atoms with Gasteiger partial charge in [-0.3, -0.25) is 0 Å². The second kappa shape index (κ2) is 6.11. The van der Waals surface area contributed by atoms with Crippen molar-refractivity contribution in [3.63, 3.8) is 0 Å². The lowest BCUT2D eigenvalue weighted by atomic mass is 9.67. The molecule has 2 nitrogen and oxygen atoms in total. The van der Waals surface area contributed by atoms with Crippen molar-refractivity contribution in [3.05, 3.63) is 0 Å². The molecule has 0 heterocycles. The summed E-state index contributed by atoms with van der Waals surface area (Å²) in [4.78, 5) is 0. The van der Waals surface area contributed by atoms with Crippen LogP contribution in [0.25, 0.3) is 0 Å². The molecule has 0 rings (SSSR count). The molecule has 0 aliphatic heterocycles. The molecule has 0 spiro atoms. The monoisotopic (exact) mass is 392 g/mol. The summed E-state index contributed by atoms with van der Waals surface area (Å²) in [5.41, 5.74) is -6.88. The third kappa shape index (κ3) is 3.39. The number of alkyl halides is 13. The predicted molar refractivity (Wildman–Crippen MR) is 50.1 cm³/mol. The molecule has 0 aromatic carbocycles. The fourth-order valence-electron chi connectivity index (χ4n) is 1.75. The van der Waals surface area contributed by atoms with Crippen molar-refractivity contribution in [1.29, 1.82) is 0 Å². The van der Waals surface area contributed by atoms with Crippen molar-refractivity contribution < 1.29 is 67.1 Å². The second-order valence-corrected chi connectivity index (χ2v) is 4.57. The van der Waals surface area contributed by atoms with E-state index in [1.54, 1.807) is 0 Å². The van der Waals surface area contributed by atoms with E-state index in [1.165, 1.54) is 0 Å². The maximum atomic E-state index is 13.4. The third-order valence-electron chi connectivity index (χ3n) is 3.03. The highest BCUT2D eigenvalue weighted by Crippen LogP contribution is 2.67. The normalized spacial score (nSPS) is 15.6. The van der Waals surface area contributed by atoms with Gasteiger partial charge in [0.2, 0.25) is 5.41 Å². The van der Waals surface area contributed by atoms with Gasteiger partial charge in [0.05, 0.1) is 0 Å². The van der Waals surface area contributed by atoms with Gasteiger partial charge >= 0.3 is 37.5 Å². The van der Waals surface area contributed by atoms with Crippen LogP contribution in [0.4, 0.5) is 57.1 Å². The molecule has 144 valence electrons.